The van der Waals surface area contributed by atoms with Crippen LogP contribution in [0.15, 0.2) is 83.3 Å². The second kappa shape index (κ2) is 7.96. The Hall–Kier alpha value is -2.27. The Labute approximate surface area is 159 Å². The van der Waals surface area contributed by atoms with Crippen molar-refractivity contribution < 1.29 is 13.2 Å². The zero-order valence-electron chi connectivity index (χ0n) is 13.9. The lowest BCUT2D eigenvalue weighted by Gasteiger charge is -2.26. The molecule has 0 spiro atoms. The minimum absolute atomic E-state index is 0.411. The minimum atomic E-state index is -4.39. The van der Waals surface area contributed by atoms with Crippen LogP contribution in [0.3, 0.4) is 0 Å². The Kier molecular flexibility index (Phi) is 5.67. The zero-order chi connectivity index (χ0) is 18.6. The second-order valence-electron chi connectivity index (χ2n) is 6.02. The maximum absolute atomic E-state index is 13.2. The van der Waals surface area contributed by atoms with Crippen LogP contribution < -0.4 is 4.90 Å². The average Bonchev–Trinajstić information content (AvgIpc) is 2.62. The maximum Gasteiger partial charge on any atom is 0.416 e. The van der Waals surface area contributed by atoms with E-state index in [2.05, 4.69) is 15.9 Å². The topological polar surface area (TPSA) is 3.24 Å². The van der Waals surface area contributed by atoms with Gasteiger partial charge in [0.1, 0.15) is 0 Å². The summed E-state index contributed by atoms with van der Waals surface area (Å²) < 4.78 is 40.1. The van der Waals surface area contributed by atoms with Crippen molar-refractivity contribution in [3.05, 3.63) is 100 Å². The highest BCUT2D eigenvalue weighted by Crippen LogP contribution is 2.35. The van der Waals surface area contributed by atoms with E-state index in [-0.39, 0.29) is 0 Å². The van der Waals surface area contributed by atoms with E-state index < -0.39 is 11.7 Å². The minimum Gasteiger partial charge on any atom is -0.363 e. The molecule has 0 radical (unpaired) electrons. The van der Waals surface area contributed by atoms with Crippen LogP contribution in [0.4, 0.5) is 18.9 Å². The van der Waals surface area contributed by atoms with Crippen molar-refractivity contribution in [2.75, 3.05) is 4.90 Å². The van der Waals surface area contributed by atoms with Gasteiger partial charge in [-0.1, -0.05) is 76.6 Å². The molecule has 0 saturated heterocycles. The van der Waals surface area contributed by atoms with E-state index in [1.165, 1.54) is 6.07 Å². The van der Waals surface area contributed by atoms with Gasteiger partial charge in [-0.15, -0.1) is 0 Å². The van der Waals surface area contributed by atoms with Gasteiger partial charge >= 0.3 is 6.18 Å². The first-order chi connectivity index (χ1) is 12.4. The van der Waals surface area contributed by atoms with E-state index in [4.69, 9.17) is 0 Å². The van der Waals surface area contributed by atoms with Gasteiger partial charge in [-0.25, -0.2) is 0 Å². The number of alkyl halides is 3. The molecule has 0 saturated carbocycles. The molecule has 0 aliphatic heterocycles. The van der Waals surface area contributed by atoms with E-state index in [1.807, 2.05) is 65.6 Å². The van der Waals surface area contributed by atoms with Crippen molar-refractivity contribution in [2.24, 2.45) is 0 Å². The van der Waals surface area contributed by atoms with Crippen molar-refractivity contribution in [1.29, 1.82) is 0 Å². The Bertz CT molecular complexity index is 807. The summed E-state index contributed by atoms with van der Waals surface area (Å²) >= 11 is 3.22. The SMILES string of the molecule is FC(F)(F)c1cc(Br)cc(N(Cc2ccccc2)Cc2ccccc2)c1. The molecule has 3 rings (SSSR count). The lowest BCUT2D eigenvalue weighted by molar-refractivity contribution is -0.137. The molecule has 0 aliphatic carbocycles. The summed E-state index contributed by atoms with van der Waals surface area (Å²) in [5.41, 5.74) is 1.95. The third kappa shape index (κ3) is 4.88. The Morgan fingerprint density at radius 2 is 1.23 bits per heavy atom. The predicted molar refractivity (Wildman–Crippen MR) is 102 cm³/mol. The highest BCUT2D eigenvalue weighted by atomic mass is 79.9. The molecule has 0 bridgehead atoms. The molecule has 0 fully saturated rings. The average molecular weight is 420 g/mol. The van der Waals surface area contributed by atoms with Crippen molar-refractivity contribution in [3.63, 3.8) is 0 Å². The van der Waals surface area contributed by atoms with Gasteiger partial charge in [-0.3, -0.25) is 0 Å². The van der Waals surface area contributed by atoms with Crippen LogP contribution in [0.5, 0.6) is 0 Å². The lowest BCUT2D eigenvalue weighted by atomic mass is 10.1. The van der Waals surface area contributed by atoms with Gasteiger partial charge in [0.2, 0.25) is 0 Å². The van der Waals surface area contributed by atoms with Gasteiger partial charge in [0.05, 0.1) is 5.56 Å². The van der Waals surface area contributed by atoms with E-state index in [0.29, 0.717) is 23.2 Å². The molecule has 3 aromatic carbocycles. The molecule has 134 valence electrons. The smallest absolute Gasteiger partial charge is 0.363 e. The van der Waals surface area contributed by atoms with Crippen LogP contribution >= 0.6 is 15.9 Å². The summed E-state index contributed by atoms with van der Waals surface area (Å²) in [5.74, 6) is 0. The van der Waals surface area contributed by atoms with E-state index in [0.717, 1.165) is 17.2 Å². The monoisotopic (exact) mass is 419 g/mol. The molecule has 0 aliphatic rings. The van der Waals surface area contributed by atoms with Gasteiger partial charge in [0, 0.05) is 23.2 Å². The van der Waals surface area contributed by atoms with Crippen LogP contribution in [0.25, 0.3) is 0 Å². The molecular weight excluding hydrogens is 403 g/mol. The number of anilines is 1. The maximum atomic E-state index is 13.2. The third-order valence-corrected chi connectivity index (χ3v) is 4.47. The van der Waals surface area contributed by atoms with Gasteiger partial charge in [0.15, 0.2) is 0 Å². The summed E-state index contributed by atoms with van der Waals surface area (Å²) in [6, 6.07) is 23.5. The van der Waals surface area contributed by atoms with Crippen LogP contribution in [0.1, 0.15) is 16.7 Å². The van der Waals surface area contributed by atoms with Gasteiger partial charge in [0.25, 0.3) is 0 Å². The molecular formula is C21H17BrF3N. The normalized spacial score (nSPS) is 11.4. The molecule has 0 N–H and O–H groups in total. The molecule has 26 heavy (non-hydrogen) atoms. The van der Waals surface area contributed by atoms with Crippen molar-refractivity contribution >= 4 is 21.6 Å². The fourth-order valence-corrected chi connectivity index (χ4v) is 3.25. The van der Waals surface area contributed by atoms with Gasteiger partial charge in [-0.2, -0.15) is 13.2 Å². The van der Waals surface area contributed by atoms with E-state index >= 15 is 0 Å². The van der Waals surface area contributed by atoms with Crippen LogP contribution in [0, 0.1) is 0 Å². The summed E-state index contributed by atoms with van der Waals surface area (Å²) in [4.78, 5) is 1.95. The van der Waals surface area contributed by atoms with Crippen LogP contribution in [-0.4, -0.2) is 0 Å². The summed E-state index contributed by atoms with van der Waals surface area (Å²) in [5, 5.41) is 0. The van der Waals surface area contributed by atoms with Crippen LogP contribution in [0.2, 0.25) is 0 Å². The number of nitrogens with zero attached hydrogens (tertiary/aromatic N) is 1. The molecule has 0 atom stereocenters. The van der Waals surface area contributed by atoms with Gasteiger partial charge in [-0.05, 0) is 29.3 Å². The number of hydrogen-bond acceptors (Lipinski definition) is 1. The number of rotatable bonds is 5. The standard InChI is InChI=1S/C21H17BrF3N/c22-19-11-18(21(23,24)25)12-20(13-19)26(14-16-7-3-1-4-8-16)15-17-9-5-2-6-10-17/h1-13H,14-15H2. The molecule has 0 aromatic heterocycles. The number of halogens is 4. The Balaban J connectivity index is 1.98. The Morgan fingerprint density at radius 1 is 0.731 bits per heavy atom. The Morgan fingerprint density at radius 3 is 1.69 bits per heavy atom. The second-order valence-corrected chi connectivity index (χ2v) is 6.94. The fourth-order valence-electron chi connectivity index (χ4n) is 2.77. The van der Waals surface area contributed by atoms with Crippen LogP contribution in [-0.2, 0) is 19.3 Å². The van der Waals surface area contributed by atoms with Crippen molar-refractivity contribution in [3.8, 4) is 0 Å². The number of benzene rings is 3. The first kappa shape index (κ1) is 18.5. The number of hydrogen-bond donors (Lipinski definition) is 0. The summed E-state index contributed by atoms with van der Waals surface area (Å²) in [7, 11) is 0. The van der Waals surface area contributed by atoms with Crippen molar-refractivity contribution in [1.82, 2.24) is 0 Å². The highest BCUT2D eigenvalue weighted by Gasteiger charge is 2.31. The lowest BCUT2D eigenvalue weighted by Crippen LogP contribution is -2.22. The largest absolute Gasteiger partial charge is 0.416 e. The molecule has 3 aromatic rings. The molecule has 5 heteroatoms. The first-order valence-corrected chi connectivity index (χ1v) is 8.92. The molecule has 0 amide bonds. The first-order valence-electron chi connectivity index (χ1n) is 8.12. The van der Waals surface area contributed by atoms with Gasteiger partial charge < -0.3 is 4.90 Å². The van der Waals surface area contributed by atoms with E-state index in [1.54, 1.807) is 6.07 Å². The summed E-state index contributed by atoms with van der Waals surface area (Å²) in [6.07, 6.45) is -4.39. The molecule has 0 unspecified atom stereocenters. The highest BCUT2D eigenvalue weighted by molar-refractivity contribution is 9.10. The predicted octanol–water partition coefficient (Wildman–Crippen LogP) is 6.67. The van der Waals surface area contributed by atoms with E-state index in [9.17, 15) is 13.2 Å². The summed E-state index contributed by atoms with van der Waals surface area (Å²) in [6.45, 7) is 1.03. The molecule has 0 heterocycles. The third-order valence-electron chi connectivity index (χ3n) is 4.01. The fraction of sp³-hybridized carbons (Fsp3) is 0.143. The molecule has 1 nitrogen and oxygen atoms in total. The zero-order valence-corrected chi connectivity index (χ0v) is 15.5. The quantitative estimate of drug-likeness (QED) is 0.445. The van der Waals surface area contributed by atoms with Crippen molar-refractivity contribution in [2.45, 2.75) is 19.3 Å².